The number of nitrogens with zero attached hydrogens (tertiary/aromatic N) is 3. The molecule has 6 nitrogen and oxygen atoms in total. The van der Waals surface area contributed by atoms with Gasteiger partial charge in [0.25, 0.3) is 0 Å². The number of hydrogen-bond donors (Lipinski definition) is 2. The molecule has 3 heterocycles. The summed E-state index contributed by atoms with van der Waals surface area (Å²) >= 11 is 0. The zero-order valence-electron chi connectivity index (χ0n) is 13.7. The van der Waals surface area contributed by atoms with Gasteiger partial charge in [0, 0.05) is 56.1 Å². The van der Waals surface area contributed by atoms with E-state index in [2.05, 4.69) is 20.5 Å². The van der Waals surface area contributed by atoms with Gasteiger partial charge in [0.2, 0.25) is 5.91 Å². The van der Waals surface area contributed by atoms with Gasteiger partial charge in [0.1, 0.15) is 0 Å². The highest BCUT2D eigenvalue weighted by molar-refractivity contribution is 5.85. The van der Waals surface area contributed by atoms with E-state index in [0.717, 1.165) is 55.8 Å². The van der Waals surface area contributed by atoms with Crippen LogP contribution < -0.4 is 5.32 Å². The molecule has 0 aliphatic carbocycles. The standard InChI is InChI=1S/C17H23N5O.ClH/c23-16-6-2-1-3-9-22(16)10-8-19-12-15-13-20-21-17(15)14-5-4-7-18-11-14;/h4-5,7,11,13,19H,1-3,6,8-10,12H2,(H,20,21);1H. The maximum absolute atomic E-state index is 12.0. The molecule has 0 bridgehead atoms. The number of amides is 1. The molecule has 1 aliphatic rings. The summed E-state index contributed by atoms with van der Waals surface area (Å²) in [6.07, 6.45) is 9.45. The van der Waals surface area contributed by atoms with Gasteiger partial charge in [0.05, 0.1) is 11.9 Å². The fourth-order valence-electron chi connectivity index (χ4n) is 2.92. The second-order valence-electron chi connectivity index (χ2n) is 5.88. The SMILES string of the molecule is Cl.O=C1CCCCCN1CCNCc1cn[nH]c1-c1cccnc1. The Bertz CT molecular complexity index is 631. The summed E-state index contributed by atoms with van der Waals surface area (Å²) in [6.45, 7) is 3.19. The van der Waals surface area contributed by atoms with Crippen LogP contribution in [0.4, 0.5) is 0 Å². The van der Waals surface area contributed by atoms with Crippen LogP contribution in [0, 0.1) is 0 Å². The van der Waals surface area contributed by atoms with Crippen molar-refractivity contribution in [3.63, 3.8) is 0 Å². The van der Waals surface area contributed by atoms with Crippen molar-refractivity contribution in [2.24, 2.45) is 0 Å². The van der Waals surface area contributed by atoms with Crippen molar-refractivity contribution in [1.82, 2.24) is 25.4 Å². The van der Waals surface area contributed by atoms with Gasteiger partial charge in [-0.2, -0.15) is 5.10 Å². The third kappa shape index (κ3) is 4.79. The third-order valence-electron chi connectivity index (χ3n) is 4.21. The van der Waals surface area contributed by atoms with Crippen molar-refractivity contribution in [3.05, 3.63) is 36.3 Å². The van der Waals surface area contributed by atoms with E-state index >= 15 is 0 Å². The number of likely N-dealkylation sites (tertiary alicyclic amines) is 1. The number of halogens is 1. The largest absolute Gasteiger partial charge is 0.341 e. The summed E-state index contributed by atoms with van der Waals surface area (Å²) in [7, 11) is 0. The van der Waals surface area contributed by atoms with Crippen LogP contribution in [0.25, 0.3) is 11.3 Å². The van der Waals surface area contributed by atoms with Crippen LogP contribution in [0.15, 0.2) is 30.7 Å². The molecule has 1 amide bonds. The molecule has 0 spiro atoms. The summed E-state index contributed by atoms with van der Waals surface area (Å²) in [4.78, 5) is 18.1. The van der Waals surface area contributed by atoms with Gasteiger partial charge < -0.3 is 10.2 Å². The van der Waals surface area contributed by atoms with Crippen molar-refractivity contribution < 1.29 is 4.79 Å². The van der Waals surface area contributed by atoms with E-state index in [1.54, 1.807) is 6.20 Å². The first-order chi connectivity index (χ1) is 11.3. The lowest BCUT2D eigenvalue weighted by molar-refractivity contribution is -0.130. The normalized spacial score (nSPS) is 15.0. The molecule has 0 aromatic carbocycles. The van der Waals surface area contributed by atoms with E-state index in [9.17, 15) is 4.79 Å². The summed E-state index contributed by atoms with van der Waals surface area (Å²) in [5.41, 5.74) is 3.14. The lowest BCUT2D eigenvalue weighted by Crippen LogP contribution is -2.36. The zero-order chi connectivity index (χ0) is 15.9. The minimum atomic E-state index is 0. The molecule has 1 saturated heterocycles. The van der Waals surface area contributed by atoms with E-state index in [4.69, 9.17) is 0 Å². The summed E-state index contributed by atoms with van der Waals surface area (Å²) in [5.74, 6) is 0.295. The van der Waals surface area contributed by atoms with E-state index in [-0.39, 0.29) is 12.4 Å². The van der Waals surface area contributed by atoms with E-state index in [1.165, 1.54) is 6.42 Å². The molecule has 2 N–H and O–H groups in total. The van der Waals surface area contributed by atoms with Crippen LogP contribution in [0.3, 0.4) is 0 Å². The minimum Gasteiger partial charge on any atom is -0.341 e. The maximum atomic E-state index is 12.0. The number of aromatic nitrogens is 3. The fraction of sp³-hybridized carbons (Fsp3) is 0.471. The highest BCUT2D eigenvalue weighted by atomic mass is 35.5. The van der Waals surface area contributed by atoms with Crippen molar-refractivity contribution in [3.8, 4) is 11.3 Å². The first-order valence-corrected chi connectivity index (χ1v) is 8.26. The number of nitrogens with one attached hydrogen (secondary N) is 2. The second-order valence-corrected chi connectivity index (χ2v) is 5.88. The highest BCUT2D eigenvalue weighted by Crippen LogP contribution is 2.19. The van der Waals surface area contributed by atoms with Crippen LogP contribution in [-0.2, 0) is 11.3 Å². The number of carbonyl (C=O) groups is 1. The minimum absolute atomic E-state index is 0. The lowest BCUT2D eigenvalue weighted by Gasteiger charge is -2.20. The quantitative estimate of drug-likeness (QED) is 0.785. The van der Waals surface area contributed by atoms with Gasteiger partial charge in [-0.05, 0) is 25.0 Å². The van der Waals surface area contributed by atoms with Crippen LogP contribution in [-0.4, -0.2) is 45.6 Å². The van der Waals surface area contributed by atoms with Crippen LogP contribution in [0.5, 0.6) is 0 Å². The van der Waals surface area contributed by atoms with E-state index in [1.807, 2.05) is 29.4 Å². The Morgan fingerprint density at radius 1 is 1.25 bits per heavy atom. The number of H-pyrrole nitrogens is 1. The predicted octanol–water partition coefficient (Wildman–Crippen LogP) is 2.39. The van der Waals surface area contributed by atoms with Crippen LogP contribution in [0.2, 0.25) is 0 Å². The molecule has 0 saturated carbocycles. The average Bonchev–Trinajstić information content (AvgIpc) is 2.96. The number of aromatic amines is 1. The lowest BCUT2D eigenvalue weighted by atomic mass is 10.1. The third-order valence-corrected chi connectivity index (χ3v) is 4.21. The Hall–Kier alpha value is -1.92. The van der Waals surface area contributed by atoms with Crippen LogP contribution >= 0.6 is 12.4 Å². The molecule has 0 radical (unpaired) electrons. The average molecular weight is 350 g/mol. The zero-order valence-corrected chi connectivity index (χ0v) is 14.5. The fourth-order valence-corrected chi connectivity index (χ4v) is 2.92. The molecule has 3 rings (SSSR count). The molecule has 0 unspecified atom stereocenters. The Balaban J connectivity index is 0.00000208. The van der Waals surface area contributed by atoms with E-state index in [0.29, 0.717) is 12.3 Å². The first kappa shape index (κ1) is 18.4. The molecular weight excluding hydrogens is 326 g/mol. The number of hydrogen-bond acceptors (Lipinski definition) is 4. The summed E-state index contributed by atoms with van der Waals surface area (Å²) < 4.78 is 0. The second kappa shape index (κ2) is 9.39. The predicted molar refractivity (Wildman–Crippen MR) is 95.8 cm³/mol. The Kier molecular flexibility index (Phi) is 7.21. The maximum Gasteiger partial charge on any atom is 0.222 e. The Morgan fingerprint density at radius 2 is 2.17 bits per heavy atom. The summed E-state index contributed by atoms with van der Waals surface area (Å²) in [6, 6.07) is 3.93. The van der Waals surface area contributed by atoms with Crippen molar-refractivity contribution >= 4 is 18.3 Å². The molecule has 1 fully saturated rings. The Labute approximate surface area is 148 Å². The first-order valence-electron chi connectivity index (χ1n) is 8.26. The van der Waals surface area contributed by atoms with Gasteiger partial charge in [0.15, 0.2) is 0 Å². The van der Waals surface area contributed by atoms with Gasteiger partial charge in [-0.15, -0.1) is 12.4 Å². The van der Waals surface area contributed by atoms with Gasteiger partial charge in [-0.25, -0.2) is 0 Å². The van der Waals surface area contributed by atoms with Gasteiger partial charge in [-0.3, -0.25) is 14.9 Å². The van der Waals surface area contributed by atoms with Crippen LogP contribution in [0.1, 0.15) is 31.2 Å². The number of rotatable bonds is 6. The number of carbonyl (C=O) groups excluding carboxylic acids is 1. The molecule has 7 heteroatoms. The Morgan fingerprint density at radius 3 is 3.00 bits per heavy atom. The van der Waals surface area contributed by atoms with Gasteiger partial charge >= 0.3 is 0 Å². The molecule has 2 aromatic rings. The molecule has 24 heavy (non-hydrogen) atoms. The molecule has 0 atom stereocenters. The summed E-state index contributed by atoms with van der Waals surface area (Å²) in [5, 5.41) is 10.6. The molecule has 130 valence electrons. The number of pyridine rings is 1. The topological polar surface area (TPSA) is 73.9 Å². The van der Waals surface area contributed by atoms with Crippen molar-refractivity contribution in [2.45, 2.75) is 32.2 Å². The monoisotopic (exact) mass is 349 g/mol. The van der Waals surface area contributed by atoms with Crippen molar-refractivity contribution in [2.75, 3.05) is 19.6 Å². The smallest absolute Gasteiger partial charge is 0.222 e. The van der Waals surface area contributed by atoms with E-state index < -0.39 is 0 Å². The highest BCUT2D eigenvalue weighted by Gasteiger charge is 2.15. The molecule has 2 aromatic heterocycles. The van der Waals surface area contributed by atoms with Gasteiger partial charge in [-0.1, -0.05) is 6.42 Å². The van der Waals surface area contributed by atoms with Crippen molar-refractivity contribution in [1.29, 1.82) is 0 Å². The molecule has 1 aliphatic heterocycles. The molecular formula is C17H24ClN5O.